The SMILES string of the molecule is CCCc1cnc(C)nc1N1CCN(C)[C@]2(CCC(=O)N(CC)CC2)C1. The molecule has 144 valence electrons. The molecule has 3 heterocycles. The smallest absolute Gasteiger partial charge is 0.222 e. The van der Waals surface area contributed by atoms with E-state index in [1.165, 1.54) is 5.56 Å². The van der Waals surface area contributed by atoms with Crippen LogP contribution < -0.4 is 4.90 Å². The number of likely N-dealkylation sites (tertiary alicyclic amines) is 1. The highest BCUT2D eigenvalue weighted by Gasteiger charge is 2.42. The first kappa shape index (κ1) is 19.1. The maximum atomic E-state index is 12.4. The van der Waals surface area contributed by atoms with E-state index in [0.717, 1.165) is 70.0 Å². The van der Waals surface area contributed by atoms with Gasteiger partial charge in [0.1, 0.15) is 11.6 Å². The van der Waals surface area contributed by atoms with Crippen LogP contribution in [-0.2, 0) is 11.2 Å². The summed E-state index contributed by atoms with van der Waals surface area (Å²) in [6.07, 6.45) is 6.73. The second kappa shape index (κ2) is 7.91. The Balaban J connectivity index is 1.87. The number of amides is 1. The number of hydrogen-bond donors (Lipinski definition) is 0. The van der Waals surface area contributed by atoms with Crippen molar-refractivity contribution in [3.63, 3.8) is 0 Å². The van der Waals surface area contributed by atoms with Crippen LogP contribution in [0, 0.1) is 6.92 Å². The van der Waals surface area contributed by atoms with Gasteiger partial charge >= 0.3 is 0 Å². The first-order chi connectivity index (χ1) is 12.5. The van der Waals surface area contributed by atoms with Gasteiger partial charge in [-0.3, -0.25) is 9.69 Å². The van der Waals surface area contributed by atoms with Crippen molar-refractivity contribution in [2.24, 2.45) is 0 Å². The maximum absolute atomic E-state index is 12.4. The van der Waals surface area contributed by atoms with Gasteiger partial charge in [0.05, 0.1) is 0 Å². The molecule has 0 radical (unpaired) electrons. The van der Waals surface area contributed by atoms with Crippen LogP contribution in [0.4, 0.5) is 5.82 Å². The molecule has 3 rings (SSSR count). The molecule has 2 aliphatic heterocycles. The van der Waals surface area contributed by atoms with Crippen LogP contribution >= 0.6 is 0 Å². The summed E-state index contributed by atoms with van der Waals surface area (Å²) in [4.78, 5) is 28.6. The first-order valence-electron chi connectivity index (χ1n) is 10.1. The lowest BCUT2D eigenvalue weighted by Crippen LogP contribution is -2.61. The van der Waals surface area contributed by atoms with Gasteiger partial charge in [-0.15, -0.1) is 0 Å². The number of rotatable bonds is 4. The number of carbonyl (C=O) groups is 1. The molecule has 2 aliphatic rings. The third kappa shape index (κ3) is 3.70. The second-order valence-corrected chi connectivity index (χ2v) is 7.81. The number of likely N-dealkylation sites (N-methyl/N-ethyl adjacent to an activating group) is 1. The Morgan fingerprint density at radius 3 is 2.73 bits per heavy atom. The maximum Gasteiger partial charge on any atom is 0.222 e. The van der Waals surface area contributed by atoms with Crippen LogP contribution in [0.15, 0.2) is 6.20 Å². The number of anilines is 1. The van der Waals surface area contributed by atoms with Crippen molar-refractivity contribution in [3.8, 4) is 0 Å². The number of nitrogens with zero attached hydrogens (tertiary/aromatic N) is 5. The number of aryl methyl sites for hydroxylation is 2. The minimum absolute atomic E-state index is 0.0557. The minimum Gasteiger partial charge on any atom is -0.353 e. The molecule has 2 saturated heterocycles. The van der Waals surface area contributed by atoms with Crippen LogP contribution in [0.2, 0.25) is 0 Å². The van der Waals surface area contributed by atoms with Gasteiger partial charge in [0.2, 0.25) is 5.91 Å². The van der Waals surface area contributed by atoms with Gasteiger partial charge in [0, 0.05) is 56.4 Å². The summed E-state index contributed by atoms with van der Waals surface area (Å²) in [5, 5.41) is 0. The fourth-order valence-electron chi connectivity index (χ4n) is 4.41. The minimum atomic E-state index is 0.0557. The van der Waals surface area contributed by atoms with Crippen LogP contribution in [0.5, 0.6) is 0 Å². The van der Waals surface area contributed by atoms with Crippen LogP contribution in [0.1, 0.15) is 50.9 Å². The zero-order chi connectivity index (χ0) is 18.7. The van der Waals surface area contributed by atoms with Gasteiger partial charge in [-0.1, -0.05) is 13.3 Å². The lowest BCUT2D eigenvalue weighted by atomic mass is 9.86. The molecule has 1 spiro atoms. The molecule has 0 N–H and O–H groups in total. The van der Waals surface area contributed by atoms with Gasteiger partial charge in [-0.25, -0.2) is 9.97 Å². The Morgan fingerprint density at radius 1 is 1.19 bits per heavy atom. The third-order valence-electron chi connectivity index (χ3n) is 6.17. The van der Waals surface area contributed by atoms with E-state index in [2.05, 4.69) is 35.7 Å². The van der Waals surface area contributed by atoms with Crippen LogP contribution in [0.25, 0.3) is 0 Å². The van der Waals surface area contributed by atoms with Crippen LogP contribution in [0.3, 0.4) is 0 Å². The molecular formula is C20H33N5O. The molecule has 0 unspecified atom stereocenters. The Morgan fingerprint density at radius 2 is 2.00 bits per heavy atom. The summed E-state index contributed by atoms with van der Waals surface area (Å²) in [5.74, 6) is 2.25. The molecule has 1 amide bonds. The molecule has 6 heteroatoms. The normalized spacial score (nSPS) is 25.0. The summed E-state index contributed by atoms with van der Waals surface area (Å²) >= 11 is 0. The number of hydrogen-bond acceptors (Lipinski definition) is 5. The highest BCUT2D eigenvalue weighted by Crippen LogP contribution is 2.34. The molecule has 1 aromatic heterocycles. The highest BCUT2D eigenvalue weighted by molar-refractivity contribution is 5.76. The van der Waals surface area contributed by atoms with Crippen molar-refractivity contribution < 1.29 is 4.79 Å². The lowest BCUT2D eigenvalue weighted by Gasteiger charge is -2.50. The summed E-state index contributed by atoms with van der Waals surface area (Å²) in [7, 11) is 2.22. The van der Waals surface area contributed by atoms with Crippen molar-refractivity contribution in [3.05, 3.63) is 17.6 Å². The van der Waals surface area contributed by atoms with Crippen molar-refractivity contribution in [2.75, 3.05) is 44.7 Å². The van der Waals surface area contributed by atoms with E-state index >= 15 is 0 Å². The summed E-state index contributed by atoms with van der Waals surface area (Å²) in [6.45, 7) is 10.9. The molecule has 6 nitrogen and oxygen atoms in total. The lowest BCUT2D eigenvalue weighted by molar-refractivity contribution is -0.130. The Hall–Kier alpha value is -1.69. The monoisotopic (exact) mass is 359 g/mol. The standard InChI is InChI=1S/C20H33N5O/c1-5-7-17-14-21-16(3)22-19(17)25-13-12-23(4)20(15-25)9-8-18(26)24(6-2)11-10-20/h14H,5-13,15H2,1-4H3/t20-/m0/s1. The molecule has 26 heavy (non-hydrogen) atoms. The fourth-order valence-corrected chi connectivity index (χ4v) is 4.41. The number of piperazine rings is 1. The van der Waals surface area contributed by atoms with E-state index in [1.54, 1.807) is 0 Å². The average molecular weight is 360 g/mol. The van der Waals surface area contributed by atoms with Crippen molar-refractivity contribution >= 4 is 11.7 Å². The van der Waals surface area contributed by atoms with E-state index in [0.29, 0.717) is 12.3 Å². The van der Waals surface area contributed by atoms with E-state index in [-0.39, 0.29) is 5.54 Å². The topological polar surface area (TPSA) is 52.6 Å². The van der Waals surface area contributed by atoms with E-state index in [1.807, 2.05) is 18.0 Å². The quantitative estimate of drug-likeness (QED) is 0.825. The van der Waals surface area contributed by atoms with Crippen molar-refractivity contribution in [2.45, 2.75) is 58.4 Å². The molecule has 0 aliphatic carbocycles. The predicted octanol–water partition coefficient (Wildman–Crippen LogP) is 2.26. The summed E-state index contributed by atoms with van der Waals surface area (Å²) < 4.78 is 0. The Labute approximate surface area is 157 Å². The predicted molar refractivity (Wildman–Crippen MR) is 104 cm³/mol. The average Bonchev–Trinajstić information content (AvgIpc) is 2.79. The molecule has 0 saturated carbocycles. The van der Waals surface area contributed by atoms with Gasteiger partial charge in [-0.05, 0) is 40.2 Å². The molecule has 2 fully saturated rings. The van der Waals surface area contributed by atoms with Gasteiger partial charge < -0.3 is 9.80 Å². The number of carbonyl (C=O) groups excluding carboxylic acids is 1. The third-order valence-corrected chi connectivity index (χ3v) is 6.17. The summed E-state index contributed by atoms with van der Waals surface area (Å²) in [5.41, 5.74) is 1.30. The Bertz CT molecular complexity index is 649. The molecule has 1 aromatic rings. The van der Waals surface area contributed by atoms with E-state index in [9.17, 15) is 4.79 Å². The highest BCUT2D eigenvalue weighted by atomic mass is 16.2. The van der Waals surface area contributed by atoms with Gasteiger partial charge in [-0.2, -0.15) is 0 Å². The number of aromatic nitrogens is 2. The zero-order valence-electron chi connectivity index (χ0n) is 16.8. The Kier molecular flexibility index (Phi) is 5.80. The van der Waals surface area contributed by atoms with E-state index in [4.69, 9.17) is 4.98 Å². The van der Waals surface area contributed by atoms with Gasteiger partial charge in [0.15, 0.2) is 0 Å². The fraction of sp³-hybridized carbons (Fsp3) is 0.750. The zero-order valence-corrected chi connectivity index (χ0v) is 16.8. The van der Waals surface area contributed by atoms with Crippen molar-refractivity contribution in [1.29, 1.82) is 0 Å². The molecule has 0 aromatic carbocycles. The summed E-state index contributed by atoms with van der Waals surface area (Å²) in [6, 6.07) is 0. The van der Waals surface area contributed by atoms with Crippen LogP contribution in [-0.4, -0.2) is 71.0 Å². The molecule has 1 atom stereocenters. The largest absolute Gasteiger partial charge is 0.353 e. The molecular weight excluding hydrogens is 326 g/mol. The first-order valence-corrected chi connectivity index (χ1v) is 10.1. The molecule has 0 bridgehead atoms. The van der Waals surface area contributed by atoms with Gasteiger partial charge in [0.25, 0.3) is 0 Å². The van der Waals surface area contributed by atoms with Crippen molar-refractivity contribution in [1.82, 2.24) is 19.8 Å². The van der Waals surface area contributed by atoms with E-state index < -0.39 is 0 Å². The second-order valence-electron chi connectivity index (χ2n) is 7.81.